The van der Waals surface area contributed by atoms with Crippen LogP contribution in [0.15, 0.2) is 86.3 Å². The monoisotopic (exact) mass is 470 g/mol. The Morgan fingerprint density at radius 3 is 2.32 bits per heavy atom. The van der Waals surface area contributed by atoms with E-state index in [9.17, 15) is 23.8 Å². The molecule has 0 N–H and O–H groups in total. The zero-order chi connectivity index (χ0) is 22.6. The lowest BCUT2D eigenvalue weighted by Crippen LogP contribution is -2.03. The molecule has 0 heterocycles. The second-order valence-electron chi connectivity index (χ2n) is 6.47. The summed E-state index contributed by atoms with van der Waals surface area (Å²) < 4.78 is 25.9. The summed E-state index contributed by atoms with van der Waals surface area (Å²) in [6.07, 6.45) is 1.16. The molecule has 0 saturated heterocycles. The molecule has 0 aliphatic heterocycles. The van der Waals surface area contributed by atoms with Crippen LogP contribution in [0.4, 0.5) is 5.69 Å². The number of nitrogens with zero attached hydrogens (tertiary/aromatic N) is 2. The summed E-state index contributed by atoms with van der Waals surface area (Å²) in [7, 11) is -4.13. The van der Waals surface area contributed by atoms with E-state index in [2.05, 4.69) is 0 Å². The van der Waals surface area contributed by atoms with Crippen LogP contribution < -0.4 is 0 Å². The second-order valence-corrected chi connectivity index (χ2v) is 9.94. The fourth-order valence-corrected chi connectivity index (χ4v) is 4.81. The largest absolute Gasteiger partial charge is 0.270 e. The number of rotatable bonds is 6. The fourth-order valence-electron chi connectivity index (χ4n) is 2.64. The molecule has 0 aliphatic carbocycles. The van der Waals surface area contributed by atoms with E-state index in [1.165, 1.54) is 48.2 Å². The van der Waals surface area contributed by atoms with E-state index in [0.717, 1.165) is 16.5 Å². The second kappa shape index (κ2) is 9.35. The third kappa shape index (κ3) is 5.33. The van der Waals surface area contributed by atoms with Crippen LogP contribution >= 0.6 is 23.4 Å². The number of aryl methyl sites for hydroxylation is 1. The predicted molar refractivity (Wildman–Crippen MR) is 121 cm³/mol. The van der Waals surface area contributed by atoms with Gasteiger partial charge in [0, 0.05) is 26.9 Å². The molecule has 156 valence electrons. The summed E-state index contributed by atoms with van der Waals surface area (Å²) in [4.78, 5) is 11.5. The number of nitro benzene ring substituents is 1. The van der Waals surface area contributed by atoms with Crippen LogP contribution in [0.3, 0.4) is 0 Å². The first-order valence-electron chi connectivity index (χ1n) is 8.86. The molecular weight excluding hydrogens is 456 g/mol. The number of allylic oxidation sites excluding steroid dienone is 1. The Labute approximate surface area is 188 Å². The van der Waals surface area contributed by atoms with Crippen molar-refractivity contribution in [3.8, 4) is 6.07 Å². The van der Waals surface area contributed by atoms with E-state index in [4.69, 9.17) is 11.6 Å². The van der Waals surface area contributed by atoms with Crippen LogP contribution in [0.1, 0.15) is 11.1 Å². The zero-order valence-corrected chi connectivity index (χ0v) is 18.5. The van der Waals surface area contributed by atoms with E-state index in [1.807, 2.05) is 31.2 Å². The molecule has 3 rings (SSSR count). The van der Waals surface area contributed by atoms with Crippen molar-refractivity contribution in [1.82, 2.24) is 0 Å². The minimum atomic E-state index is -4.13. The van der Waals surface area contributed by atoms with E-state index in [0.29, 0.717) is 9.92 Å². The van der Waals surface area contributed by atoms with E-state index in [1.54, 1.807) is 12.1 Å². The number of non-ortho nitro benzene ring substituents is 1. The highest BCUT2D eigenvalue weighted by Crippen LogP contribution is 2.35. The number of hydrogen-bond acceptors (Lipinski definition) is 6. The molecule has 0 aromatic heterocycles. The summed E-state index contributed by atoms with van der Waals surface area (Å²) in [6.45, 7) is 1.95. The molecule has 0 spiro atoms. The van der Waals surface area contributed by atoms with E-state index >= 15 is 0 Å². The van der Waals surface area contributed by atoms with Gasteiger partial charge in [-0.3, -0.25) is 10.1 Å². The first-order valence-corrected chi connectivity index (χ1v) is 11.5. The van der Waals surface area contributed by atoms with Crippen molar-refractivity contribution in [1.29, 1.82) is 5.26 Å². The van der Waals surface area contributed by atoms with Crippen LogP contribution in [0.2, 0.25) is 5.02 Å². The summed E-state index contributed by atoms with van der Waals surface area (Å²) in [5.41, 5.74) is 1.13. The van der Waals surface area contributed by atoms with Gasteiger partial charge in [0.1, 0.15) is 11.0 Å². The quantitative estimate of drug-likeness (QED) is 0.247. The minimum absolute atomic E-state index is 0.0946. The lowest BCUT2D eigenvalue weighted by atomic mass is 10.2. The topological polar surface area (TPSA) is 101 Å². The Morgan fingerprint density at radius 1 is 1.10 bits per heavy atom. The van der Waals surface area contributed by atoms with Crippen LogP contribution in [0, 0.1) is 28.4 Å². The van der Waals surface area contributed by atoms with Gasteiger partial charge >= 0.3 is 0 Å². The van der Waals surface area contributed by atoms with Gasteiger partial charge in [0.25, 0.3) is 5.69 Å². The Kier molecular flexibility index (Phi) is 6.81. The molecule has 0 bridgehead atoms. The van der Waals surface area contributed by atoms with Crippen molar-refractivity contribution < 1.29 is 13.3 Å². The van der Waals surface area contributed by atoms with Crippen LogP contribution in [-0.2, 0) is 9.84 Å². The lowest BCUT2D eigenvalue weighted by molar-refractivity contribution is -0.384. The van der Waals surface area contributed by atoms with Crippen molar-refractivity contribution in [2.45, 2.75) is 21.6 Å². The summed E-state index contributed by atoms with van der Waals surface area (Å²) in [5, 5.41) is 21.2. The van der Waals surface area contributed by atoms with Crippen molar-refractivity contribution in [2.75, 3.05) is 0 Å². The van der Waals surface area contributed by atoms with E-state index in [-0.39, 0.29) is 16.1 Å². The lowest BCUT2D eigenvalue weighted by Gasteiger charge is -2.08. The van der Waals surface area contributed by atoms with Gasteiger partial charge in [-0.05, 0) is 61.0 Å². The predicted octanol–water partition coefficient (Wildman–Crippen LogP) is 6.05. The Hall–Kier alpha value is -3.12. The maximum Gasteiger partial charge on any atom is 0.270 e. The molecule has 0 unspecified atom stereocenters. The van der Waals surface area contributed by atoms with E-state index < -0.39 is 19.7 Å². The summed E-state index contributed by atoms with van der Waals surface area (Å²) in [6, 6.07) is 18.9. The fraction of sp³-hybridized carbons (Fsp3) is 0.0455. The molecule has 0 atom stereocenters. The molecule has 6 nitrogen and oxygen atoms in total. The number of hydrogen-bond donors (Lipinski definition) is 0. The zero-order valence-electron chi connectivity index (χ0n) is 16.2. The number of halogens is 1. The number of nitriles is 1. The van der Waals surface area contributed by atoms with Gasteiger partial charge in [-0.2, -0.15) is 5.26 Å². The molecule has 0 fully saturated rings. The summed E-state index contributed by atoms with van der Waals surface area (Å²) >= 11 is 7.13. The highest BCUT2D eigenvalue weighted by Gasteiger charge is 2.22. The molecule has 0 amide bonds. The van der Waals surface area contributed by atoms with Gasteiger partial charge in [0.15, 0.2) is 0 Å². The third-order valence-electron chi connectivity index (χ3n) is 4.26. The normalized spacial score (nSPS) is 11.7. The van der Waals surface area contributed by atoms with Gasteiger partial charge in [0.2, 0.25) is 9.84 Å². The molecular formula is C22H15ClN2O4S2. The highest BCUT2D eigenvalue weighted by molar-refractivity contribution is 7.99. The van der Waals surface area contributed by atoms with Crippen LogP contribution in [0.5, 0.6) is 0 Å². The van der Waals surface area contributed by atoms with Crippen LogP contribution in [-0.4, -0.2) is 13.3 Å². The van der Waals surface area contributed by atoms with Crippen molar-refractivity contribution in [3.05, 3.63) is 97.9 Å². The maximum absolute atomic E-state index is 12.9. The third-order valence-corrected chi connectivity index (χ3v) is 7.30. The van der Waals surface area contributed by atoms with Crippen molar-refractivity contribution in [3.63, 3.8) is 0 Å². The average Bonchev–Trinajstić information content (AvgIpc) is 2.74. The Morgan fingerprint density at radius 2 is 1.74 bits per heavy atom. The Bertz CT molecular complexity index is 1310. The molecule has 9 heteroatoms. The van der Waals surface area contributed by atoms with Gasteiger partial charge in [-0.25, -0.2) is 8.42 Å². The highest BCUT2D eigenvalue weighted by atomic mass is 35.5. The smallest absolute Gasteiger partial charge is 0.258 e. The molecule has 0 radical (unpaired) electrons. The number of nitro groups is 1. The van der Waals surface area contributed by atoms with Gasteiger partial charge in [-0.1, -0.05) is 41.1 Å². The minimum Gasteiger partial charge on any atom is -0.258 e. The van der Waals surface area contributed by atoms with Crippen molar-refractivity contribution >= 4 is 45.0 Å². The first-order chi connectivity index (χ1) is 14.7. The van der Waals surface area contributed by atoms with Gasteiger partial charge < -0.3 is 0 Å². The molecule has 31 heavy (non-hydrogen) atoms. The molecule has 3 aromatic carbocycles. The number of sulfone groups is 1. The van der Waals surface area contributed by atoms with Gasteiger partial charge in [0.05, 0.1) is 9.82 Å². The molecule has 3 aromatic rings. The van der Waals surface area contributed by atoms with Gasteiger partial charge in [-0.15, -0.1) is 0 Å². The first kappa shape index (κ1) is 22.6. The standard InChI is InChI=1S/C22H15ClN2O4S2/c1-15-2-7-19(8-3-15)30-22-11-6-18(25(26)27)12-16(22)13-21(14-24)31(28,29)20-9-4-17(23)5-10-20/h2-13H,1H3/b21-13-. The summed E-state index contributed by atoms with van der Waals surface area (Å²) in [5.74, 6) is 0. The number of benzene rings is 3. The van der Waals surface area contributed by atoms with Crippen LogP contribution in [0.25, 0.3) is 6.08 Å². The molecule has 0 aliphatic rings. The molecule has 0 saturated carbocycles. The Balaban J connectivity index is 2.11. The van der Waals surface area contributed by atoms with Crippen molar-refractivity contribution in [2.24, 2.45) is 0 Å². The maximum atomic E-state index is 12.9. The average molecular weight is 471 g/mol. The SMILES string of the molecule is Cc1ccc(Sc2ccc([N+](=O)[O-])cc2/C=C(/C#N)S(=O)(=O)c2ccc(Cl)cc2)cc1.